The number of esters is 1. The molecule has 0 spiro atoms. The minimum absolute atomic E-state index is 0.0421. The van der Waals surface area contributed by atoms with Crippen molar-refractivity contribution in [2.24, 2.45) is 0 Å². The molecule has 1 N–H and O–H groups in total. The third-order valence-corrected chi connectivity index (χ3v) is 4.82. The molecule has 0 heterocycles. The van der Waals surface area contributed by atoms with E-state index < -0.39 is 5.91 Å². The van der Waals surface area contributed by atoms with Crippen molar-refractivity contribution < 1.29 is 19.1 Å². The van der Waals surface area contributed by atoms with Gasteiger partial charge in [0, 0.05) is 24.3 Å². The molecule has 0 aliphatic rings. The first-order valence-corrected chi connectivity index (χ1v) is 9.64. The molecular weight excluding hydrogens is 340 g/mol. The average molecular weight is 366 g/mol. The topological polar surface area (TPSA) is 75.7 Å². The van der Waals surface area contributed by atoms with Crippen LogP contribution < -0.4 is 5.32 Å². The van der Waals surface area contributed by atoms with E-state index in [1.807, 2.05) is 27.0 Å². The fourth-order valence-electron chi connectivity index (χ4n) is 2.25. The molecule has 7 heteroatoms. The maximum absolute atomic E-state index is 12.2. The summed E-state index contributed by atoms with van der Waals surface area (Å²) in [6, 6.07) is 6.66. The predicted octanol–water partition coefficient (Wildman–Crippen LogP) is 2.79. The van der Waals surface area contributed by atoms with E-state index in [1.54, 1.807) is 29.2 Å². The minimum atomic E-state index is -0.410. The van der Waals surface area contributed by atoms with Gasteiger partial charge in [0.25, 0.3) is 11.8 Å². The summed E-state index contributed by atoms with van der Waals surface area (Å²) in [5.74, 6) is -0.836. The van der Waals surface area contributed by atoms with Crippen LogP contribution in [0.4, 0.5) is 5.69 Å². The lowest BCUT2D eigenvalue weighted by molar-refractivity contribution is -0.146. The maximum atomic E-state index is 12.2. The maximum Gasteiger partial charge on any atom is 0.319 e. The quantitative estimate of drug-likeness (QED) is 0.680. The standard InChI is InChI=1S/C18H26N2O4S/c1-5-15(25-4)18(23)24-12-16(21)19-14-10-8-13(9-11-14)17(22)20(6-2)7-3/h8-11,15H,5-7,12H2,1-4H3,(H,19,21)/t15-/m1/s1. The van der Waals surface area contributed by atoms with Gasteiger partial charge >= 0.3 is 5.97 Å². The van der Waals surface area contributed by atoms with E-state index in [0.717, 1.165) is 0 Å². The number of hydrogen-bond donors (Lipinski definition) is 1. The Labute approximate surface area is 153 Å². The zero-order valence-electron chi connectivity index (χ0n) is 15.2. The van der Waals surface area contributed by atoms with E-state index in [4.69, 9.17) is 4.74 Å². The first kappa shape index (κ1) is 21.0. The Bertz CT molecular complexity index is 581. The summed E-state index contributed by atoms with van der Waals surface area (Å²) in [6.07, 6.45) is 2.49. The molecule has 138 valence electrons. The van der Waals surface area contributed by atoms with Crippen molar-refractivity contribution in [2.75, 3.05) is 31.3 Å². The Morgan fingerprint density at radius 2 is 1.72 bits per heavy atom. The van der Waals surface area contributed by atoms with Gasteiger partial charge in [-0.25, -0.2) is 0 Å². The van der Waals surface area contributed by atoms with Gasteiger partial charge in [-0.05, 0) is 50.8 Å². The first-order valence-electron chi connectivity index (χ1n) is 8.35. The first-order chi connectivity index (χ1) is 12.0. The van der Waals surface area contributed by atoms with E-state index in [-0.39, 0.29) is 23.7 Å². The number of benzene rings is 1. The molecular formula is C18H26N2O4S. The highest BCUT2D eigenvalue weighted by Crippen LogP contribution is 2.13. The Hall–Kier alpha value is -2.02. The van der Waals surface area contributed by atoms with Crippen molar-refractivity contribution in [1.29, 1.82) is 0 Å². The van der Waals surface area contributed by atoms with E-state index in [1.165, 1.54) is 11.8 Å². The number of anilines is 1. The molecule has 0 bridgehead atoms. The molecule has 6 nitrogen and oxygen atoms in total. The number of nitrogens with one attached hydrogen (secondary N) is 1. The van der Waals surface area contributed by atoms with E-state index in [2.05, 4.69) is 5.32 Å². The number of nitrogens with zero attached hydrogens (tertiary/aromatic N) is 1. The smallest absolute Gasteiger partial charge is 0.319 e. The number of carbonyl (C=O) groups is 3. The molecule has 0 aliphatic heterocycles. The van der Waals surface area contributed by atoms with Crippen molar-refractivity contribution in [2.45, 2.75) is 32.4 Å². The van der Waals surface area contributed by atoms with Crippen LogP contribution >= 0.6 is 11.8 Å². The van der Waals surface area contributed by atoms with E-state index in [0.29, 0.717) is 30.8 Å². The van der Waals surface area contributed by atoms with Crippen LogP contribution in [0, 0.1) is 0 Å². The SMILES string of the molecule is CC[C@@H](SC)C(=O)OCC(=O)Nc1ccc(C(=O)N(CC)CC)cc1. The second-order valence-electron chi connectivity index (χ2n) is 5.34. The van der Waals surface area contributed by atoms with Crippen LogP contribution in [0.3, 0.4) is 0 Å². The van der Waals surface area contributed by atoms with Gasteiger partial charge in [0.1, 0.15) is 5.25 Å². The highest BCUT2D eigenvalue weighted by atomic mass is 32.2. The number of thioether (sulfide) groups is 1. The molecule has 0 saturated heterocycles. The van der Waals surface area contributed by atoms with Gasteiger partial charge < -0.3 is 15.0 Å². The van der Waals surface area contributed by atoms with Crippen LogP contribution in [0.25, 0.3) is 0 Å². The summed E-state index contributed by atoms with van der Waals surface area (Å²) in [4.78, 5) is 37.5. The van der Waals surface area contributed by atoms with Gasteiger partial charge in [-0.3, -0.25) is 14.4 Å². The number of amides is 2. The van der Waals surface area contributed by atoms with E-state index >= 15 is 0 Å². The van der Waals surface area contributed by atoms with Crippen molar-refractivity contribution >= 4 is 35.2 Å². The second-order valence-corrected chi connectivity index (χ2v) is 6.38. The predicted molar refractivity (Wildman–Crippen MR) is 101 cm³/mol. The largest absolute Gasteiger partial charge is 0.455 e. The lowest BCUT2D eigenvalue weighted by Crippen LogP contribution is -2.30. The Morgan fingerprint density at radius 3 is 2.20 bits per heavy atom. The Morgan fingerprint density at radius 1 is 1.12 bits per heavy atom. The molecule has 0 fully saturated rings. The van der Waals surface area contributed by atoms with Gasteiger partial charge in [0.2, 0.25) is 0 Å². The molecule has 1 atom stereocenters. The van der Waals surface area contributed by atoms with Crippen molar-refractivity contribution in [3.8, 4) is 0 Å². The molecule has 25 heavy (non-hydrogen) atoms. The number of hydrogen-bond acceptors (Lipinski definition) is 5. The second kappa shape index (κ2) is 10.8. The fraction of sp³-hybridized carbons (Fsp3) is 0.500. The van der Waals surface area contributed by atoms with Crippen molar-refractivity contribution in [3.05, 3.63) is 29.8 Å². The summed E-state index contributed by atoms with van der Waals surface area (Å²) in [5, 5.41) is 2.40. The van der Waals surface area contributed by atoms with Crippen LogP contribution in [0.1, 0.15) is 37.6 Å². The highest BCUT2D eigenvalue weighted by molar-refractivity contribution is 7.99. The molecule has 0 radical (unpaired) electrons. The Balaban J connectivity index is 2.56. The fourth-order valence-corrected chi connectivity index (χ4v) is 2.84. The molecule has 2 amide bonds. The minimum Gasteiger partial charge on any atom is -0.455 e. The van der Waals surface area contributed by atoms with Gasteiger partial charge in [0.05, 0.1) is 0 Å². The average Bonchev–Trinajstić information content (AvgIpc) is 2.62. The van der Waals surface area contributed by atoms with E-state index in [9.17, 15) is 14.4 Å². The lowest BCUT2D eigenvalue weighted by atomic mass is 10.2. The van der Waals surface area contributed by atoms with Crippen LogP contribution in [0.15, 0.2) is 24.3 Å². The molecule has 0 aliphatic carbocycles. The number of rotatable bonds is 9. The summed E-state index contributed by atoms with van der Waals surface area (Å²) in [7, 11) is 0. The summed E-state index contributed by atoms with van der Waals surface area (Å²) in [5.41, 5.74) is 1.12. The molecule has 0 aromatic heterocycles. The molecule has 1 rings (SSSR count). The lowest BCUT2D eigenvalue weighted by Gasteiger charge is -2.18. The van der Waals surface area contributed by atoms with Gasteiger partial charge in [-0.1, -0.05) is 6.92 Å². The van der Waals surface area contributed by atoms with Crippen LogP contribution in [0.2, 0.25) is 0 Å². The third-order valence-electron chi connectivity index (χ3n) is 3.73. The van der Waals surface area contributed by atoms with Gasteiger partial charge in [-0.15, -0.1) is 0 Å². The van der Waals surface area contributed by atoms with Crippen LogP contribution in [0.5, 0.6) is 0 Å². The molecule has 0 unspecified atom stereocenters. The van der Waals surface area contributed by atoms with Gasteiger partial charge in [-0.2, -0.15) is 11.8 Å². The molecule has 0 saturated carbocycles. The number of carbonyl (C=O) groups excluding carboxylic acids is 3. The van der Waals surface area contributed by atoms with Crippen molar-refractivity contribution in [1.82, 2.24) is 4.90 Å². The zero-order valence-corrected chi connectivity index (χ0v) is 16.0. The normalized spacial score (nSPS) is 11.5. The third kappa shape index (κ3) is 6.42. The summed E-state index contributed by atoms with van der Waals surface area (Å²) < 4.78 is 5.01. The molecule has 1 aromatic rings. The monoisotopic (exact) mass is 366 g/mol. The van der Waals surface area contributed by atoms with Gasteiger partial charge in [0.15, 0.2) is 6.61 Å². The number of ether oxygens (including phenoxy) is 1. The summed E-state index contributed by atoms with van der Waals surface area (Å²) >= 11 is 1.40. The summed E-state index contributed by atoms with van der Waals surface area (Å²) in [6.45, 7) is 6.72. The zero-order chi connectivity index (χ0) is 18.8. The highest BCUT2D eigenvalue weighted by Gasteiger charge is 2.18. The Kier molecular flexibility index (Phi) is 9.05. The van der Waals surface area contributed by atoms with Crippen molar-refractivity contribution in [3.63, 3.8) is 0 Å². The van der Waals surface area contributed by atoms with Crippen LogP contribution in [-0.2, 0) is 14.3 Å². The van der Waals surface area contributed by atoms with Crippen LogP contribution in [-0.4, -0.2) is 53.9 Å². The molecule has 1 aromatic carbocycles.